The van der Waals surface area contributed by atoms with E-state index in [1.807, 2.05) is 0 Å². The molecule has 3 aliphatic rings. The van der Waals surface area contributed by atoms with Crippen molar-refractivity contribution in [2.24, 2.45) is 11.8 Å². The average Bonchev–Trinajstić information content (AvgIpc) is 2.53. The minimum atomic E-state index is -0.121. The predicted molar refractivity (Wildman–Crippen MR) is 82.7 cm³/mol. The summed E-state index contributed by atoms with van der Waals surface area (Å²) >= 11 is 0. The monoisotopic (exact) mass is 287 g/mol. The Labute approximate surface area is 127 Å². The number of hydrogen-bond acceptors (Lipinski definition) is 3. The zero-order valence-corrected chi connectivity index (χ0v) is 12.8. The molecule has 4 rings (SSSR count). The third-order valence-electron chi connectivity index (χ3n) is 4.84. The van der Waals surface area contributed by atoms with Crippen LogP contribution in [0.1, 0.15) is 38.2 Å². The smallest absolute Gasteiger partial charge is 0.302 e. The first-order valence-electron chi connectivity index (χ1n) is 8.14. The predicted octanol–water partition coefficient (Wildman–Crippen LogP) is 3.24. The number of benzene rings is 1. The van der Waals surface area contributed by atoms with Gasteiger partial charge in [-0.05, 0) is 49.6 Å². The van der Waals surface area contributed by atoms with E-state index < -0.39 is 0 Å². The summed E-state index contributed by atoms with van der Waals surface area (Å²) in [5.41, 5.74) is 1.39. The second-order valence-corrected chi connectivity index (χ2v) is 6.61. The number of esters is 1. The summed E-state index contributed by atoms with van der Waals surface area (Å²) in [6, 6.07) is 10.7. The highest BCUT2D eigenvalue weighted by Gasteiger charge is 2.38. The van der Waals surface area contributed by atoms with Gasteiger partial charge in [0.15, 0.2) is 0 Å². The van der Waals surface area contributed by atoms with Gasteiger partial charge < -0.3 is 4.74 Å². The minimum Gasteiger partial charge on any atom is -0.462 e. The van der Waals surface area contributed by atoms with Crippen LogP contribution in [-0.2, 0) is 16.1 Å². The Morgan fingerprint density at radius 2 is 2.05 bits per heavy atom. The van der Waals surface area contributed by atoms with E-state index in [0.717, 1.165) is 31.8 Å². The summed E-state index contributed by atoms with van der Waals surface area (Å²) in [6.45, 7) is 4.87. The average molecular weight is 287 g/mol. The summed E-state index contributed by atoms with van der Waals surface area (Å²) in [6.07, 6.45) is 4.75. The molecule has 0 radical (unpaired) electrons. The highest BCUT2D eigenvalue weighted by atomic mass is 16.5. The molecule has 3 nitrogen and oxygen atoms in total. The molecule has 0 aromatic heterocycles. The topological polar surface area (TPSA) is 29.5 Å². The quantitative estimate of drug-likeness (QED) is 0.799. The number of nitrogens with zero attached hydrogens (tertiary/aromatic N) is 1. The first-order chi connectivity index (χ1) is 10.2. The Morgan fingerprint density at radius 3 is 2.76 bits per heavy atom. The van der Waals surface area contributed by atoms with E-state index >= 15 is 0 Å². The van der Waals surface area contributed by atoms with Crippen LogP contribution < -0.4 is 0 Å². The van der Waals surface area contributed by atoms with Crippen molar-refractivity contribution >= 4 is 5.97 Å². The molecule has 2 heterocycles. The molecule has 1 atom stereocenters. The summed E-state index contributed by atoms with van der Waals surface area (Å²) in [4.78, 5) is 13.8. The van der Waals surface area contributed by atoms with E-state index in [2.05, 4.69) is 35.2 Å². The molecule has 1 saturated carbocycles. The van der Waals surface area contributed by atoms with Crippen molar-refractivity contribution in [3.63, 3.8) is 0 Å². The van der Waals surface area contributed by atoms with Crippen molar-refractivity contribution in [3.05, 3.63) is 35.9 Å². The molecule has 21 heavy (non-hydrogen) atoms. The maximum absolute atomic E-state index is 11.2. The molecule has 3 heteroatoms. The van der Waals surface area contributed by atoms with Gasteiger partial charge >= 0.3 is 5.97 Å². The lowest BCUT2D eigenvalue weighted by Crippen LogP contribution is -2.39. The number of carbonyl (C=O) groups is 1. The molecule has 0 N–H and O–H groups in total. The van der Waals surface area contributed by atoms with Crippen LogP contribution >= 0.6 is 0 Å². The van der Waals surface area contributed by atoms with Crippen molar-refractivity contribution < 1.29 is 9.53 Å². The Hall–Kier alpha value is -1.35. The second kappa shape index (κ2) is 6.61. The van der Waals surface area contributed by atoms with Gasteiger partial charge in [-0.2, -0.15) is 0 Å². The van der Waals surface area contributed by atoms with Gasteiger partial charge in [-0.3, -0.25) is 9.69 Å². The molecule has 0 amide bonds. The van der Waals surface area contributed by atoms with Gasteiger partial charge in [0.25, 0.3) is 0 Å². The molecule has 0 spiro atoms. The Morgan fingerprint density at radius 1 is 1.29 bits per heavy atom. The summed E-state index contributed by atoms with van der Waals surface area (Å²) < 4.78 is 5.53. The van der Waals surface area contributed by atoms with Gasteiger partial charge in [-0.25, -0.2) is 0 Å². The number of carbonyl (C=O) groups excluding carboxylic acids is 1. The molecule has 2 saturated heterocycles. The lowest BCUT2D eigenvalue weighted by atomic mass is 9.71. The Bertz CT molecular complexity index is 467. The normalized spacial score (nSPS) is 29.7. The second-order valence-electron chi connectivity index (χ2n) is 6.61. The Balaban J connectivity index is 1.59. The third-order valence-corrected chi connectivity index (χ3v) is 4.84. The lowest BCUT2D eigenvalue weighted by Gasteiger charge is -2.40. The number of fused-ring (bicyclic) bond motifs is 5. The molecule has 114 valence electrons. The van der Waals surface area contributed by atoms with Crippen LogP contribution in [0.3, 0.4) is 0 Å². The number of hydrogen-bond donors (Lipinski definition) is 0. The Kier molecular flexibility index (Phi) is 4.59. The summed E-state index contributed by atoms with van der Waals surface area (Å²) in [5, 5.41) is 0. The van der Waals surface area contributed by atoms with Crippen LogP contribution in [0.5, 0.6) is 0 Å². The van der Waals surface area contributed by atoms with Gasteiger partial charge in [0.05, 0.1) is 0 Å². The SMILES string of the molecule is CC(=O)OC1CCCN(Cc2ccccc2)CC2CC1C2. The van der Waals surface area contributed by atoms with Gasteiger partial charge in [0, 0.05) is 20.0 Å². The van der Waals surface area contributed by atoms with E-state index in [1.165, 1.54) is 31.9 Å². The van der Waals surface area contributed by atoms with Gasteiger partial charge in [0.1, 0.15) is 6.10 Å². The van der Waals surface area contributed by atoms with Crippen LogP contribution in [0.4, 0.5) is 0 Å². The molecule has 2 aliphatic heterocycles. The zero-order chi connectivity index (χ0) is 14.7. The van der Waals surface area contributed by atoms with Crippen LogP contribution in [0.2, 0.25) is 0 Å². The molecular formula is C18H25NO2. The van der Waals surface area contributed by atoms with Crippen molar-refractivity contribution in [3.8, 4) is 0 Å². The number of ether oxygens (including phenoxy) is 1. The van der Waals surface area contributed by atoms with Crippen LogP contribution in [0.25, 0.3) is 0 Å². The lowest BCUT2D eigenvalue weighted by molar-refractivity contribution is -0.152. The van der Waals surface area contributed by atoms with Crippen molar-refractivity contribution in [1.82, 2.24) is 4.90 Å². The number of rotatable bonds is 3. The fourth-order valence-corrected chi connectivity index (χ4v) is 3.80. The maximum atomic E-state index is 11.2. The van der Waals surface area contributed by atoms with Crippen LogP contribution in [-0.4, -0.2) is 30.1 Å². The van der Waals surface area contributed by atoms with E-state index in [9.17, 15) is 4.79 Å². The molecule has 1 aromatic rings. The maximum Gasteiger partial charge on any atom is 0.302 e. The molecule has 1 aromatic carbocycles. The highest BCUT2D eigenvalue weighted by molar-refractivity contribution is 5.66. The largest absolute Gasteiger partial charge is 0.462 e. The zero-order valence-electron chi connectivity index (χ0n) is 12.8. The summed E-state index contributed by atoms with van der Waals surface area (Å²) in [7, 11) is 0. The van der Waals surface area contributed by atoms with E-state index in [-0.39, 0.29) is 12.1 Å². The van der Waals surface area contributed by atoms with Gasteiger partial charge in [-0.1, -0.05) is 30.3 Å². The van der Waals surface area contributed by atoms with Crippen LogP contribution in [0.15, 0.2) is 30.3 Å². The standard InChI is InChI=1S/C18H25NO2/c1-14(20)21-18-8-5-9-19(13-16-10-17(18)11-16)12-15-6-3-2-4-7-15/h2-4,6-7,16-18H,5,8-13H2,1H3. The van der Waals surface area contributed by atoms with E-state index in [4.69, 9.17) is 4.74 Å². The van der Waals surface area contributed by atoms with Crippen molar-refractivity contribution in [2.75, 3.05) is 13.1 Å². The van der Waals surface area contributed by atoms with Gasteiger partial charge in [-0.15, -0.1) is 0 Å². The summed E-state index contributed by atoms with van der Waals surface area (Å²) in [5.74, 6) is 1.27. The molecular weight excluding hydrogens is 262 g/mol. The van der Waals surface area contributed by atoms with Crippen LogP contribution in [0, 0.1) is 11.8 Å². The first-order valence-corrected chi connectivity index (χ1v) is 8.14. The van der Waals surface area contributed by atoms with Crippen molar-refractivity contribution in [1.29, 1.82) is 0 Å². The third kappa shape index (κ3) is 3.85. The minimum absolute atomic E-state index is 0.121. The fourth-order valence-electron chi connectivity index (χ4n) is 3.80. The highest BCUT2D eigenvalue weighted by Crippen LogP contribution is 2.40. The van der Waals surface area contributed by atoms with E-state index in [0.29, 0.717) is 5.92 Å². The molecule has 1 unspecified atom stereocenters. The molecule has 2 bridgehead atoms. The van der Waals surface area contributed by atoms with Gasteiger partial charge in [0.2, 0.25) is 0 Å². The molecule has 1 aliphatic carbocycles. The fraction of sp³-hybridized carbons (Fsp3) is 0.611. The van der Waals surface area contributed by atoms with Crippen molar-refractivity contribution in [2.45, 2.75) is 45.3 Å². The first kappa shape index (κ1) is 14.6. The molecule has 3 fully saturated rings. The van der Waals surface area contributed by atoms with E-state index in [1.54, 1.807) is 0 Å².